The fraction of sp³-hybridized carbons (Fsp3) is 0.964. The second kappa shape index (κ2) is 10.3. The van der Waals surface area contributed by atoms with Crippen LogP contribution < -0.4 is 5.32 Å². The molecule has 0 aromatic heterocycles. The molecule has 0 radical (unpaired) electrons. The molecule has 0 bridgehead atoms. The number of hydrogen-bond donors (Lipinski definition) is 5. The molecule has 0 saturated heterocycles. The Morgan fingerprint density at radius 1 is 1.03 bits per heavy atom. The Balaban J connectivity index is 1.49. The maximum atomic E-state index is 12.6. The SMILES string of the molecule is C[C@H](C[C@@H](C)[C@H]1CCC2C3C(C[C@H](O)[C@@]21C)[C@@]1(C)CC[C@@H](O)CC1[C@@H](C)[C@@H]3O)C(=O)NCCS(=O)(=O)O. The topological polar surface area (TPSA) is 144 Å². The predicted octanol–water partition coefficient (Wildman–Crippen LogP) is 2.86. The lowest BCUT2D eigenvalue weighted by molar-refractivity contribution is -0.225. The van der Waals surface area contributed by atoms with Crippen molar-refractivity contribution in [2.75, 3.05) is 12.3 Å². The van der Waals surface area contributed by atoms with Crippen LogP contribution in [0, 0.1) is 58.2 Å². The van der Waals surface area contributed by atoms with Gasteiger partial charge in [0.05, 0.1) is 24.1 Å². The number of carbonyl (C=O) groups excluding carboxylic acids is 1. The van der Waals surface area contributed by atoms with Crippen LogP contribution in [-0.2, 0) is 14.9 Å². The maximum absolute atomic E-state index is 12.6. The van der Waals surface area contributed by atoms with Gasteiger partial charge in [-0.25, -0.2) is 0 Å². The van der Waals surface area contributed by atoms with Crippen LogP contribution in [0.2, 0.25) is 0 Å². The summed E-state index contributed by atoms with van der Waals surface area (Å²) in [6, 6.07) is 0. The van der Waals surface area contributed by atoms with Crippen molar-refractivity contribution in [3.8, 4) is 0 Å². The molecule has 0 aromatic carbocycles. The first-order valence-corrected chi connectivity index (χ1v) is 16.0. The first-order valence-electron chi connectivity index (χ1n) is 14.4. The van der Waals surface area contributed by atoms with Crippen molar-refractivity contribution in [3.63, 3.8) is 0 Å². The van der Waals surface area contributed by atoms with Crippen LogP contribution in [-0.4, -0.2) is 64.8 Å². The molecule has 214 valence electrons. The van der Waals surface area contributed by atoms with E-state index in [2.05, 4.69) is 33.0 Å². The first kappa shape index (κ1) is 29.2. The molecule has 37 heavy (non-hydrogen) atoms. The molecule has 4 saturated carbocycles. The molecule has 0 aliphatic heterocycles. The molecule has 0 spiro atoms. The number of amides is 1. The lowest BCUT2D eigenvalue weighted by atomic mass is 9.41. The molecule has 4 aliphatic carbocycles. The van der Waals surface area contributed by atoms with E-state index in [-0.39, 0.29) is 76.7 Å². The molecule has 4 rings (SSSR count). The Kier molecular flexibility index (Phi) is 8.18. The lowest BCUT2D eigenvalue weighted by Gasteiger charge is -2.65. The van der Waals surface area contributed by atoms with Gasteiger partial charge in [0.15, 0.2) is 0 Å². The maximum Gasteiger partial charge on any atom is 0.266 e. The summed E-state index contributed by atoms with van der Waals surface area (Å²) >= 11 is 0. The Morgan fingerprint density at radius 3 is 2.35 bits per heavy atom. The molecule has 0 heterocycles. The number of carbonyl (C=O) groups is 1. The van der Waals surface area contributed by atoms with E-state index in [1.54, 1.807) is 0 Å². The summed E-state index contributed by atoms with van der Waals surface area (Å²) in [5, 5.41) is 36.4. The Morgan fingerprint density at radius 2 is 1.70 bits per heavy atom. The van der Waals surface area contributed by atoms with E-state index >= 15 is 0 Å². The van der Waals surface area contributed by atoms with Gasteiger partial charge in [0, 0.05) is 12.5 Å². The first-order chi connectivity index (χ1) is 17.1. The molecule has 9 heteroatoms. The van der Waals surface area contributed by atoms with Gasteiger partial charge in [0.25, 0.3) is 10.1 Å². The van der Waals surface area contributed by atoms with E-state index in [1.807, 2.05) is 6.92 Å². The largest absolute Gasteiger partial charge is 0.393 e. The Labute approximate surface area is 222 Å². The van der Waals surface area contributed by atoms with Crippen molar-refractivity contribution >= 4 is 16.0 Å². The second-order valence-corrected chi connectivity index (χ2v) is 15.2. The third-order valence-electron chi connectivity index (χ3n) is 11.8. The van der Waals surface area contributed by atoms with Crippen molar-refractivity contribution < 1.29 is 33.1 Å². The molecular formula is C28H49NO7S. The smallest absolute Gasteiger partial charge is 0.266 e. The summed E-state index contributed by atoms with van der Waals surface area (Å²) in [6.07, 6.45) is 4.49. The van der Waals surface area contributed by atoms with E-state index in [0.717, 1.165) is 32.1 Å². The minimum atomic E-state index is -4.12. The van der Waals surface area contributed by atoms with Gasteiger partial charge >= 0.3 is 0 Å². The minimum absolute atomic E-state index is 0.0171. The molecule has 5 N–H and O–H groups in total. The summed E-state index contributed by atoms with van der Waals surface area (Å²) in [7, 11) is -4.12. The monoisotopic (exact) mass is 543 g/mol. The molecule has 0 aromatic rings. The fourth-order valence-electron chi connectivity index (χ4n) is 9.89. The van der Waals surface area contributed by atoms with Crippen LogP contribution in [0.3, 0.4) is 0 Å². The highest BCUT2D eigenvalue weighted by molar-refractivity contribution is 7.85. The number of rotatable bonds is 7. The zero-order chi connectivity index (χ0) is 27.5. The van der Waals surface area contributed by atoms with Crippen LogP contribution in [0.15, 0.2) is 0 Å². The average Bonchev–Trinajstić information content (AvgIpc) is 3.16. The van der Waals surface area contributed by atoms with Crippen LogP contribution in [0.4, 0.5) is 0 Å². The van der Waals surface area contributed by atoms with E-state index in [1.165, 1.54) is 0 Å². The third kappa shape index (κ3) is 5.12. The fourth-order valence-corrected chi connectivity index (χ4v) is 10.2. The van der Waals surface area contributed by atoms with Crippen molar-refractivity contribution in [1.82, 2.24) is 5.32 Å². The van der Waals surface area contributed by atoms with Gasteiger partial charge in [0.1, 0.15) is 0 Å². The molecule has 4 unspecified atom stereocenters. The predicted molar refractivity (Wildman–Crippen MR) is 141 cm³/mol. The van der Waals surface area contributed by atoms with Crippen LogP contribution in [0.5, 0.6) is 0 Å². The second-order valence-electron chi connectivity index (χ2n) is 13.7. The minimum Gasteiger partial charge on any atom is -0.393 e. The van der Waals surface area contributed by atoms with Crippen LogP contribution >= 0.6 is 0 Å². The van der Waals surface area contributed by atoms with E-state index < -0.39 is 28.1 Å². The number of fused-ring (bicyclic) bond motifs is 5. The summed E-state index contributed by atoms with van der Waals surface area (Å²) in [6.45, 7) is 10.6. The van der Waals surface area contributed by atoms with Gasteiger partial charge in [-0.1, -0.05) is 34.6 Å². The van der Waals surface area contributed by atoms with Gasteiger partial charge in [0.2, 0.25) is 5.91 Å². The zero-order valence-corrected chi connectivity index (χ0v) is 24.0. The van der Waals surface area contributed by atoms with E-state index in [0.29, 0.717) is 12.8 Å². The highest BCUT2D eigenvalue weighted by atomic mass is 32.2. The highest BCUT2D eigenvalue weighted by Gasteiger charge is 2.67. The summed E-state index contributed by atoms with van der Waals surface area (Å²) < 4.78 is 30.8. The van der Waals surface area contributed by atoms with Crippen molar-refractivity contribution in [1.29, 1.82) is 0 Å². The Bertz CT molecular complexity index is 958. The standard InChI is InChI=1S/C28H49NO7S/c1-15(12-16(2)26(33)29-10-11-37(34,35)36)19-6-7-20-24-22(14-23(31)28(19,20)5)27(4)9-8-18(30)13-21(27)17(3)25(24)32/h15-25,30-32H,6-14H2,1-5H3,(H,29,33)(H,34,35,36)/t15-,16-,17-,18-,19-,20?,21?,22?,23+,24?,25+,27+,28-/m1/s1. The zero-order valence-electron chi connectivity index (χ0n) is 23.1. The van der Waals surface area contributed by atoms with Gasteiger partial charge in [-0.3, -0.25) is 9.35 Å². The molecular weight excluding hydrogens is 494 g/mol. The van der Waals surface area contributed by atoms with E-state index in [4.69, 9.17) is 4.55 Å². The van der Waals surface area contributed by atoms with Gasteiger partial charge in [-0.2, -0.15) is 8.42 Å². The van der Waals surface area contributed by atoms with Crippen LogP contribution in [0.1, 0.15) is 79.6 Å². The summed E-state index contributed by atoms with van der Waals surface area (Å²) in [5.41, 5.74) is -0.316. The van der Waals surface area contributed by atoms with Gasteiger partial charge in [-0.05, 0) is 97.2 Å². The normalized spacial score (nSPS) is 47.3. The lowest BCUT2D eigenvalue weighted by Crippen LogP contribution is -2.64. The van der Waals surface area contributed by atoms with Crippen molar-refractivity contribution in [3.05, 3.63) is 0 Å². The molecule has 8 nitrogen and oxygen atoms in total. The van der Waals surface area contributed by atoms with Gasteiger partial charge < -0.3 is 20.6 Å². The summed E-state index contributed by atoms with van der Waals surface area (Å²) in [4.78, 5) is 12.6. The third-order valence-corrected chi connectivity index (χ3v) is 12.6. The van der Waals surface area contributed by atoms with Crippen LogP contribution in [0.25, 0.3) is 0 Å². The quantitative estimate of drug-likeness (QED) is 0.311. The van der Waals surface area contributed by atoms with Crippen molar-refractivity contribution in [2.45, 2.75) is 97.9 Å². The van der Waals surface area contributed by atoms with E-state index in [9.17, 15) is 28.5 Å². The molecule has 4 fully saturated rings. The number of aliphatic hydroxyl groups excluding tert-OH is 3. The molecule has 4 aliphatic rings. The number of hydrogen-bond acceptors (Lipinski definition) is 6. The Hall–Kier alpha value is -0.740. The summed E-state index contributed by atoms with van der Waals surface area (Å²) in [5.74, 6) is 0.327. The van der Waals surface area contributed by atoms with Crippen molar-refractivity contribution in [2.24, 2.45) is 58.2 Å². The molecule has 1 amide bonds. The number of aliphatic hydroxyl groups is 3. The molecule has 13 atom stereocenters. The average molecular weight is 544 g/mol. The highest BCUT2D eigenvalue weighted by Crippen LogP contribution is 2.69. The number of nitrogens with one attached hydrogen (secondary N) is 1. The van der Waals surface area contributed by atoms with Gasteiger partial charge in [-0.15, -0.1) is 0 Å².